The third kappa shape index (κ3) is 4.66. The number of carbonyl (C=O) groups excluding carboxylic acids is 1. The summed E-state index contributed by atoms with van der Waals surface area (Å²) in [6.07, 6.45) is 0.772. The van der Waals surface area contributed by atoms with Gasteiger partial charge in [-0.25, -0.2) is 0 Å². The molecule has 0 saturated carbocycles. The van der Waals surface area contributed by atoms with Crippen LogP contribution in [0, 0.1) is 0 Å². The topological polar surface area (TPSA) is 38.3 Å². The first kappa shape index (κ1) is 14.5. The van der Waals surface area contributed by atoms with E-state index in [1.54, 1.807) is 25.3 Å². The Hall–Kier alpha value is -0.580. The van der Waals surface area contributed by atoms with Gasteiger partial charge in [-0.2, -0.15) is 0 Å². The second-order valence-corrected chi connectivity index (χ2v) is 5.10. The Morgan fingerprint density at radius 2 is 2.29 bits per heavy atom. The molecule has 1 aromatic carbocycles. The number of nitrogens with one attached hydrogen (secondary N) is 1. The third-order valence-corrected chi connectivity index (χ3v) is 3.13. The molecule has 1 amide bonds. The van der Waals surface area contributed by atoms with Gasteiger partial charge in [-0.3, -0.25) is 4.79 Å². The minimum Gasteiger partial charge on any atom is -0.385 e. The SMILES string of the molecule is COCC[C@@H](C)NC(=O)c1cc(Br)ccc1Cl. The summed E-state index contributed by atoms with van der Waals surface area (Å²) in [4.78, 5) is 11.9. The van der Waals surface area contributed by atoms with Crippen LogP contribution >= 0.6 is 27.5 Å². The molecule has 0 aromatic heterocycles. The minimum atomic E-state index is -0.167. The highest BCUT2D eigenvalue weighted by atomic mass is 79.9. The number of methoxy groups -OCH3 is 1. The standard InChI is InChI=1S/C12H15BrClNO2/c1-8(5-6-17-2)15-12(16)10-7-9(13)3-4-11(10)14/h3-4,7-8H,5-6H2,1-2H3,(H,15,16)/t8-/m1/s1. The highest BCUT2D eigenvalue weighted by Gasteiger charge is 2.13. The van der Waals surface area contributed by atoms with E-state index in [9.17, 15) is 4.79 Å². The predicted octanol–water partition coefficient (Wildman–Crippen LogP) is 3.26. The highest BCUT2D eigenvalue weighted by molar-refractivity contribution is 9.10. The van der Waals surface area contributed by atoms with E-state index >= 15 is 0 Å². The van der Waals surface area contributed by atoms with E-state index in [1.807, 2.05) is 6.92 Å². The highest BCUT2D eigenvalue weighted by Crippen LogP contribution is 2.21. The van der Waals surface area contributed by atoms with E-state index in [-0.39, 0.29) is 11.9 Å². The van der Waals surface area contributed by atoms with E-state index < -0.39 is 0 Å². The average Bonchev–Trinajstić information content (AvgIpc) is 2.29. The molecule has 0 aliphatic carbocycles. The Bertz CT molecular complexity index is 398. The van der Waals surface area contributed by atoms with Crippen LogP contribution in [0.2, 0.25) is 5.02 Å². The molecule has 1 aromatic rings. The molecule has 5 heteroatoms. The lowest BCUT2D eigenvalue weighted by atomic mass is 10.2. The van der Waals surface area contributed by atoms with Crippen LogP contribution in [0.4, 0.5) is 0 Å². The molecular weight excluding hydrogens is 305 g/mol. The van der Waals surface area contributed by atoms with Gasteiger partial charge in [0.1, 0.15) is 0 Å². The third-order valence-electron chi connectivity index (χ3n) is 2.31. The Kier molecular flexibility index (Phi) is 5.95. The van der Waals surface area contributed by atoms with Gasteiger partial charge in [0, 0.05) is 24.2 Å². The summed E-state index contributed by atoms with van der Waals surface area (Å²) < 4.78 is 5.79. The lowest BCUT2D eigenvalue weighted by Crippen LogP contribution is -2.33. The van der Waals surface area contributed by atoms with Crippen molar-refractivity contribution in [1.29, 1.82) is 0 Å². The Balaban J connectivity index is 2.66. The molecule has 94 valence electrons. The monoisotopic (exact) mass is 319 g/mol. The van der Waals surface area contributed by atoms with E-state index in [0.717, 1.165) is 10.9 Å². The molecule has 0 fully saturated rings. The first-order valence-electron chi connectivity index (χ1n) is 5.29. The summed E-state index contributed by atoms with van der Waals surface area (Å²) in [5.41, 5.74) is 0.477. The molecule has 1 atom stereocenters. The molecule has 0 radical (unpaired) electrons. The molecular formula is C12H15BrClNO2. The van der Waals surface area contributed by atoms with Gasteiger partial charge in [-0.05, 0) is 31.5 Å². The van der Waals surface area contributed by atoms with Crippen LogP contribution in [0.15, 0.2) is 22.7 Å². The van der Waals surface area contributed by atoms with E-state index in [2.05, 4.69) is 21.2 Å². The van der Waals surface area contributed by atoms with Crippen molar-refractivity contribution in [3.63, 3.8) is 0 Å². The maximum absolute atomic E-state index is 11.9. The van der Waals surface area contributed by atoms with Gasteiger partial charge < -0.3 is 10.1 Å². The van der Waals surface area contributed by atoms with Gasteiger partial charge in [0.2, 0.25) is 0 Å². The van der Waals surface area contributed by atoms with Crippen LogP contribution < -0.4 is 5.32 Å². The number of carbonyl (C=O) groups is 1. The van der Waals surface area contributed by atoms with Crippen LogP contribution in [0.3, 0.4) is 0 Å². The van der Waals surface area contributed by atoms with Crippen LogP contribution in [0.25, 0.3) is 0 Å². The second kappa shape index (κ2) is 6.99. The van der Waals surface area contributed by atoms with E-state index in [1.165, 1.54) is 0 Å². The molecule has 1 rings (SSSR count). The van der Waals surface area contributed by atoms with Crippen molar-refractivity contribution in [3.8, 4) is 0 Å². The van der Waals surface area contributed by atoms with Gasteiger partial charge in [-0.1, -0.05) is 27.5 Å². The number of benzene rings is 1. The maximum atomic E-state index is 11.9. The zero-order valence-electron chi connectivity index (χ0n) is 9.80. The Labute approximate surface area is 115 Å². The molecule has 1 N–H and O–H groups in total. The van der Waals surface area contributed by atoms with Crippen LogP contribution in [0.1, 0.15) is 23.7 Å². The van der Waals surface area contributed by atoms with E-state index in [4.69, 9.17) is 16.3 Å². The number of halogens is 2. The van der Waals surface area contributed by atoms with Crippen molar-refractivity contribution in [2.45, 2.75) is 19.4 Å². The summed E-state index contributed by atoms with van der Waals surface area (Å²) in [5, 5.41) is 3.32. The predicted molar refractivity (Wildman–Crippen MR) is 72.6 cm³/mol. The van der Waals surface area contributed by atoms with Gasteiger partial charge >= 0.3 is 0 Å². The van der Waals surface area contributed by atoms with Crippen LogP contribution in [-0.4, -0.2) is 25.7 Å². The molecule has 0 aliphatic rings. The largest absolute Gasteiger partial charge is 0.385 e. The normalized spacial score (nSPS) is 12.2. The van der Waals surface area contributed by atoms with Crippen molar-refractivity contribution in [1.82, 2.24) is 5.32 Å². The van der Waals surface area contributed by atoms with Crippen LogP contribution in [-0.2, 0) is 4.74 Å². The molecule has 0 saturated heterocycles. The second-order valence-electron chi connectivity index (χ2n) is 3.78. The fraction of sp³-hybridized carbons (Fsp3) is 0.417. The smallest absolute Gasteiger partial charge is 0.253 e. The fourth-order valence-corrected chi connectivity index (χ4v) is 1.90. The molecule has 17 heavy (non-hydrogen) atoms. The maximum Gasteiger partial charge on any atom is 0.253 e. The van der Waals surface area contributed by atoms with Gasteiger partial charge in [0.15, 0.2) is 0 Å². The zero-order valence-corrected chi connectivity index (χ0v) is 12.1. The van der Waals surface area contributed by atoms with E-state index in [0.29, 0.717) is 17.2 Å². The van der Waals surface area contributed by atoms with Gasteiger partial charge in [0.25, 0.3) is 5.91 Å². The molecule has 3 nitrogen and oxygen atoms in total. The van der Waals surface area contributed by atoms with Crippen molar-refractivity contribution >= 4 is 33.4 Å². The lowest BCUT2D eigenvalue weighted by molar-refractivity contribution is 0.0929. The molecule has 0 bridgehead atoms. The fourth-order valence-electron chi connectivity index (χ4n) is 1.34. The molecule has 0 heterocycles. The number of hydrogen-bond acceptors (Lipinski definition) is 2. The lowest BCUT2D eigenvalue weighted by Gasteiger charge is -2.14. The summed E-state index contributed by atoms with van der Waals surface area (Å²) in [7, 11) is 1.64. The molecule has 0 aliphatic heterocycles. The first-order valence-corrected chi connectivity index (χ1v) is 6.46. The van der Waals surface area contributed by atoms with Crippen molar-refractivity contribution in [2.75, 3.05) is 13.7 Å². The summed E-state index contributed by atoms with van der Waals surface area (Å²) in [6.45, 7) is 2.55. The number of ether oxygens (including phenoxy) is 1. The number of rotatable bonds is 5. The summed E-state index contributed by atoms with van der Waals surface area (Å²) in [6, 6.07) is 5.26. The Morgan fingerprint density at radius 3 is 2.94 bits per heavy atom. The molecule has 0 spiro atoms. The minimum absolute atomic E-state index is 0.0532. The Morgan fingerprint density at radius 1 is 1.59 bits per heavy atom. The zero-order chi connectivity index (χ0) is 12.8. The van der Waals surface area contributed by atoms with Crippen molar-refractivity contribution in [2.24, 2.45) is 0 Å². The average molecular weight is 321 g/mol. The quantitative estimate of drug-likeness (QED) is 0.904. The summed E-state index contributed by atoms with van der Waals surface area (Å²) in [5.74, 6) is -0.167. The van der Waals surface area contributed by atoms with Crippen molar-refractivity contribution in [3.05, 3.63) is 33.3 Å². The number of amides is 1. The summed E-state index contributed by atoms with van der Waals surface area (Å²) >= 11 is 9.29. The van der Waals surface area contributed by atoms with Gasteiger partial charge in [-0.15, -0.1) is 0 Å². The van der Waals surface area contributed by atoms with Gasteiger partial charge in [0.05, 0.1) is 10.6 Å². The molecule has 0 unspecified atom stereocenters. The van der Waals surface area contributed by atoms with Crippen LogP contribution in [0.5, 0.6) is 0 Å². The van der Waals surface area contributed by atoms with Crippen molar-refractivity contribution < 1.29 is 9.53 Å². The number of hydrogen-bond donors (Lipinski definition) is 1. The first-order chi connectivity index (χ1) is 8.04.